The lowest BCUT2D eigenvalue weighted by Gasteiger charge is -2.03. The molecule has 0 unspecified atom stereocenters. The molecule has 3 N–H and O–H groups in total. The van der Waals surface area contributed by atoms with E-state index >= 15 is 0 Å². The SMILES string of the molecule is C=Cc1cc(N)c([N+](=O)[O-])cc1C(=O)O. The van der Waals surface area contributed by atoms with Gasteiger partial charge in [0.15, 0.2) is 0 Å². The van der Waals surface area contributed by atoms with Crippen molar-refractivity contribution in [2.24, 2.45) is 0 Å². The zero-order chi connectivity index (χ0) is 11.6. The van der Waals surface area contributed by atoms with E-state index in [0.717, 1.165) is 6.07 Å². The van der Waals surface area contributed by atoms with Crippen LogP contribution in [0.3, 0.4) is 0 Å². The fourth-order valence-electron chi connectivity index (χ4n) is 1.13. The summed E-state index contributed by atoms with van der Waals surface area (Å²) < 4.78 is 0. The summed E-state index contributed by atoms with van der Waals surface area (Å²) >= 11 is 0. The van der Waals surface area contributed by atoms with Crippen LogP contribution in [0.15, 0.2) is 18.7 Å². The third-order valence-corrected chi connectivity index (χ3v) is 1.85. The van der Waals surface area contributed by atoms with Crippen LogP contribution in [0.5, 0.6) is 0 Å². The van der Waals surface area contributed by atoms with Crippen molar-refractivity contribution in [1.29, 1.82) is 0 Å². The largest absolute Gasteiger partial charge is 0.478 e. The van der Waals surface area contributed by atoms with Crippen LogP contribution in [0.4, 0.5) is 11.4 Å². The molecule has 78 valence electrons. The molecule has 1 aromatic carbocycles. The Morgan fingerprint density at radius 2 is 2.20 bits per heavy atom. The van der Waals surface area contributed by atoms with Gasteiger partial charge in [0.1, 0.15) is 5.69 Å². The molecule has 1 aromatic rings. The van der Waals surface area contributed by atoms with Gasteiger partial charge in [-0.15, -0.1) is 0 Å². The van der Waals surface area contributed by atoms with Crippen LogP contribution in [0.25, 0.3) is 6.08 Å². The Hall–Kier alpha value is -2.37. The molecule has 0 radical (unpaired) electrons. The topological polar surface area (TPSA) is 106 Å². The molecule has 15 heavy (non-hydrogen) atoms. The number of nitrogens with zero attached hydrogens (tertiary/aromatic N) is 1. The Labute approximate surface area is 84.8 Å². The zero-order valence-corrected chi connectivity index (χ0v) is 7.64. The lowest BCUT2D eigenvalue weighted by molar-refractivity contribution is -0.383. The van der Waals surface area contributed by atoms with Gasteiger partial charge in [-0.1, -0.05) is 12.7 Å². The maximum absolute atomic E-state index is 10.8. The number of nitrogens with two attached hydrogens (primary N) is 1. The highest BCUT2D eigenvalue weighted by Crippen LogP contribution is 2.26. The number of carboxylic acid groups (broad SMARTS) is 1. The molecule has 0 aliphatic carbocycles. The molecule has 6 heteroatoms. The van der Waals surface area contributed by atoms with Crippen molar-refractivity contribution >= 4 is 23.4 Å². The molecule has 0 bridgehead atoms. The van der Waals surface area contributed by atoms with E-state index in [1.807, 2.05) is 0 Å². The van der Waals surface area contributed by atoms with Gasteiger partial charge in [-0.25, -0.2) is 4.79 Å². The van der Waals surface area contributed by atoms with Crippen LogP contribution in [0.1, 0.15) is 15.9 Å². The third kappa shape index (κ3) is 1.93. The van der Waals surface area contributed by atoms with Gasteiger partial charge in [-0.2, -0.15) is 0 Å². The minimum Gasteiger partial charge on any atom is -0.478 e. The van der Waals surface area contributed by atoms with Crippen LogP contribution in [0.2, 0.25) is 0 Å². The first kappa shape index (κ1) is 10.7. The summed E-state index contributed by atoms with van der Waals surface area (Å²) in [5, 5.41) is 19.3. The maximum Gasteiger partial charge on any atom is 0.336 e. The molecule has 0 saturated heterocycles. The molecular weight excluding hydrogens is 200 g/mol. The number of rotatable bonds is 3. The van der Waals surface area contributed by atoms with Crippen LogP contribution in [-0.4, -0.2) is 16.0 Å². The monoisotopic (exact) mass is 208 g/mol. The first-order valence-corrected chi connectivity index (χ1v) is 3.91. The van der Waals surface area contributed by atoms with E-state index in [4.69, 9.17) is 10.8 Å². The predicted octanol–water partition coefficient (Wildman–Crippen LogP) is 1.52. The number of carboxylic acids is 1. The Balaban J connectivity index is 3.50. The standard InChI is InChI=1S/C9H8N2O4/c1-2-5-3-7(10)8(11(14)15)4-6(5)9(12)13/h2-4H,1,10H2,(H,12,13). The second kappa shape index (κ2) is 3.79. The number of nitro groups is 1. The van der Waals surface area contributed by atoms with E-state index in [1.54, 1.807) is 0 Å². The number of nitro benzene ring substituents is 1. The summed E-state index contributed by atoms with van der Waals surface area (Å²) in [4.78, 5) is 20.5. The molecule has 0 saturated carbocycles. The van der Waals surface area contributed by atoms with E-state index in [9.17, 15) is 14.9 Å². The van der Waals surface area contributed by atoms with E-state index in [2.05, 4.69) is 6.58 Å². The first-order chi connectivity index (χ1) is 6.97. The number of carbonyl (C=O) groups is 1. The molecule has 6 nitrogen and oxygen atoms in total. The van der Waals surface area contributed by atoms with Crippen molar-refractivity contribution in [2.45, 2.75) is 0 Å². The highest BCUT2D eigenvalue weighted by atomic mass is 16.6. The Morgan fingerprint density at radius 3 is 2.60 bits per heavy atom. The molecule has 0 spiro atoms. The number of hydrogen-bond acceptors (Lipinski definition) is 4. The van der Waals surface area contributed by atoms with Crippen LogP contribution >= 0.6 is 0 Å². The fraction of sp³-hybridized carbons (Fsp3) is 0. The van der Waals surface area contributed by atoms with Crippen molar-refractivity contribution in [3.63, 3.8) is 0 Å². The van der Waals surface area contributed by atoms with Crippen molar-refractivity contribution in [2.75, 3.05) is 5.73 Å². The smallest absolute Gasteiger partial charge is 0.336 e. The maximum atomic E-state index is 10.8. The van der Waals surface area contributed by atoms with Gasteiger partial charge in [0.25, 0.3) is 5.69 Å². The van der Waals surface area contributed by atoms with Gasteiger partial charge in [0.05, 0.1) is 10.5 Å². The summed E-state index contributed by atoms with van der Waals surface area (Å²) in [5.74, 6) is -1.26. The Kier molecular flexibility index (Phi) is 2.70. The molecule has 0 amide bonds. The molecular formula is C9H8N2O4. The van der Waals surface area contributed by atoms with Gasteiger partial charge < -0.3 is 10.8 Å². The molecule has 0 atom stereocenters. The van der Waals surface area contributed by atoms with E-state index in [1.165, 1.54) is 12.1 Å². The van der Waals surface area contributed by atoms with Crippen LogP contribution < -0.4 is 5.73 Å². The number of anilines is 1. The van der Waals surface area contributed by atoms with Crippen molar-refractivity contribution in [3.8, 4) is 0 Å². The summed E-state index contributed by atoms with van der Waals surface area (Å²) in [6, 6.07) is 2.14. The van der Waals surface area contributed by atoms with Crippen molar-refractivity contribution < 1.29 is 14.8 Å². The highest BCUT2D eigenvalue weighted by Gasteiger charge is 2.18. The average Bonchev–Trinajstić information content (AvgIpc) is 2.16. The molecule has 0 fully saturated rings. The second-order valence-corrected chi connectivity index (χ2v) is 2.76. The first-order valence-electron chi connectivity index (χ1n) is 3.91. The number of hydrogen-bond donors (Lipinski definition) is 2. The van der Waals surface area contributed by atoms with E-state index in [-0.39, 0.29) is 16.8 Å². The van der Waals surface area contributed by atoms with Crippen LogP contribution in [0, 0.1) is 10.1 Å². The second-order valence-electron chi connectivity index (χ2n) is 2.76. The molecule has 0 aliphatic heterocycles. The predicted molar refractivity (Wildman–Crippen MR) is 54.6 cm³/mol. The number of benzene rings is 1. The average molecular weight is 208 g/mol. The lowest BCUT2D eigenvalue weighted by atomic mass is 10.1. The molecule has 0 aromatic heterocycles. The normalized spacial score (nSPS) is 9.60. The van der Waals surface area contributed by atoms with Gasteiger partial charge in [0.2, 0.25) is 0 Å². The molecule has 1 rings (SSSR count). The van der Waals surface area contributed by atoms with Gasteiger partial charge in [-0.3, -0.25) is 10.1 Å². The lowest BCUT2D eigenvalue weighted by Crippen LogP contribution is -2.04. The summed E-state index contributed by atoms with van der Waals surface area (Å²) in [6.45, 7) is 3.40. The van der Waals surface area contributed by atoms with Crippen molar-refractivity contribution in [1.82, 2.24) is 0 Å². The minimum absolute atomic E-state index is 0.0834. The molecule has 0 heterocycles. The highest BCUT2D eigenvalue weighted by molar-refractivity contribution is 5.94. The summed E-state index contributed by atoms with van der Waals surface area (Å²) in [7, 11) is 0. The van der Waals surface area contributed by atoms with E-state index < -0.39 is 16.6 Å². The zero-order valence-electron chi connectivity index (χ0n) is 7.64. The van der Waals surface area contributed by atoms with E-state index in [0.29, 0.717) is 0 Å². The number of aromatic carboxylic acids is 1. The Morgan fingerprint density at radius 1 is 1.60 bits per heavy atom. The van der Waals surface area contributed by atoms with Crippen molar-refractivity contribution in [3.05, 3.63) is 40.0 Å². The fourth-order valence-corrected chi connectivity index (χ4v) is 1.13. The Bertz CT molecular complexity index is 454. The minimum atomic E-state index is -1.26. The number of nitrogen functional groups attached to an aromatic ring is 1. The third-order valence-electron chi connectivity index (χ3n) is 1.85. The summed E-state index contributed by atoms with van der Waals surface area (Å²) in [6.07, 6.45) is 1.28. The van der Waals surface area contributed by atoms with Gasteiger partial charge >= 0.3 is 5.97 Å². The van der Waals surface area contributed by atoms with Crippen LogP contribution in [-0.2, 0) is 0 Å². The quantitative estimate of drug-likeness (QED) is 0.445. The molecule has 0 aliphatic rings. The van der Waals surface area contributed by atoms with Gasteiger partial charge in [-0.05, 0) is 11.6 Å². The van der Waals surface area contributed by atoms with Gasteiger partial charge in [0, 0.05) is 6.07 Å². The summed E-state index contributed by atoms with van der Waals surface area (Å²) in [5.41, 5.74) is 4.95.